The normalized spacial score (nSPS) is 12.4. The van der Waals surface area contributed by atoms with Crippen LogP contribution in [0.25, 0.3) is 0 Å². The summed E-state index contributed by atoms with van der Waals surface area (Å²) in [5.41, 5.74) is 4.08. The SMILES string of the molecule is CC[C@@H](C(=O)NC(C)C)N(Cc1ccccc1C)C(=O)CN(c1cccc(C)c1C)S(C)(=O)=O. The monoisotopic (exact) mass is 487 g/mol. The maximum Gasteiger partial charge on any atom is 0.244 e. The fraction of sp³-hybridized carbons (Fsp3) is 0.462. The molecule has 0 aliphatic carbocycles. The zero-order valence-electron chi connectivity index (χ0n) is 21.3. The number of sulfonamides is 1. The van der Waals surface area contributed by atoms with Crippen molar-refractivity contribution in [2.75, 3.05) is 17.1 Å². The lowest BCUT2D eigenvalue weighted by Crippen LogP contribution is -2.53. The maximum absolute atomic E-state index is 13.7. The molecule has 0 aliphatic heterocycles. The number of hydrogen-bond acceptors (Lipinski definition) is 4. The number of benzene rings is 2. The molecule has 0 spiro atoms. The number of anilines is 1. The topological polar surface area (TPSA) is 86.8 Å². The molecule has 0 aliphatic rings. The van der Waals surface area contributed by atoms with Gasteiger partial charge < -0.3 is 10.2 Å². The minimum atomic E-state index is -3.75. The third-order valence-electron chi connectivity index (χ3n) is 5.94. The van der Waals surface area contributed by atoms with Gasteiger partial charge in [-0.2, -0.15) is 0 Å². The van der Waals surface area contributed by atoms with E-state index in [9.17, 15) is 18.0 Å². The van der Waals surface area contributed by atoms with Gasteiger partial charge in [0.1, 0.15) is 12.6 Å². The third-order valence-corrected chi connectivity index (χ3v) is 7.07. The molecule has 0 heterocycles. The summed E-state index contributed by atoms with van der Waals surface area (Å²) in [6.45, 7) is 11.1. The highest BCUT2D eigenvalue weighted by atomic mass is 32.2. The van der Waals surface area contributed by atoms with Crippen molar-refractivity contribution < 1.29 is 18.0 Å². The van der Waals surface area contributed by atoms with Gasteiger partial charge in [-0.15, -0.1) is 0 Å². The van der Waals surface area contributed by atoms with Crippen LogP contribution < -0.4 is 9.62 Å². The Morgan fingerprint density at radius 1 is 0.971 bits per heavy atom. The smallest absolute Gasteiger partial charge is 0.244 e. The Morgan fingerprint density at radius 2 is 1.59 bits per heavy atom. The average molecular weight is 488 g/mol. The van der Waals surface area contributed by atoms with Crippen molar-refractivity contribution in [1.82, 2.24) is 10.2 Å². The number of amides is 2. The number of aryl methyl sites for hydroxylation is 2. The summed E-state index contributed by atoms with van der Waals surface area (Å²) in [6.07, 6.45) is 1.50. The second-order valence-electron chi connectivity index (χ2n) is 9.02. The van der Waals surface area contributed by atoms with Crippen LogP contribution in [0, 0.1) is 20.8 Å². The average Bonchev–Trinajstić information content (AvgIpc) is 2.74. The molecule has 0 fully saturated rings. The molecule has 0 saturated carbocycles. The second kappa shape index (κ2) is 11.5. The van der Waals surface area contributed by atoms with Gasteiger partial charge in [0, 0.05) is 12.6 Å². The molecule has 2 aromatic rings. The molecular weight excluding hydrogens is 450 g/mol. The number of nitrogens with zero attached hydrogens (tertiary/aromatic N) is 2. The number of nitrogens with one attached hydrogen (secondary N) is 1. The second-order valence-corrected chi connectivity index (χ2v) is 10.9. The van der Waals surface area contributed by atoms with Crippen molar-refractivity contribution in [2.45, 2.75) is 66.6 Å². The summed E-state index contributed by atoms with van der Waals surface area (Å²) in [7, 11) is -3.75. The van der Waals surface area contributed by atoms with Gasteiger partial charge in [0.25, 0.3) is 0 Å². The molecule has 8 heteroatoms. The predicted molar refractivity (Wildman–Crippen MR) is 137 cm³/mol. The maximum atomic E-state index is 13.7. The zero-order chi connectivity index (χ0) is 25.6. The molecule has 0 radical (unpaired) electrons. The van der Waals surface area contributed by atoms with Crippen molar-refractivity contribution >= 4 is 27.5 Å². The first-order valence-electron chi connectivity index (χ1n) is 11.5. The summed E-state index contributed by atoms with van der Waals surface area (Å²) >= 11 is 0. The van der Waals surface area contributed by atoms with E-state index in [1.807, 2.05) is 71.9 Å². The molecule has 1 N–H and O–H groups in total. The van der Waals surface area contributed by atoms with Crippen LogP contribution >= 0.6 is 0 Å². The lowest BCUT2D eigenvalue weighted by Gasteiger charge is -2.34. The Bertz CT molecular complexity index is 1130. The van der Waals surface area contributed by atoms with Crippen molar-refractivity contribution in [1.29, 1.82) is 0 Å². The molecule has 2 rings (SSSR count). The van der Waals surface area contributed by atoms with Crippen LogP contribution in [0.15, 0.2) is 42.5 Å². The molecule has 0 unspecified atom stereocenters. The summed E-state index contributed by atoms with van der Waals surface area (Å²) in [5.74, 6) is -0.683. The van der Waals surface area contributed by atoms with Crippen molar-refractivity contribution in [3.8, 4) is 0 Å². The van der Waals surface area contributed by atoms with E-state index < -0.39 is 22.0 Å². The molecule has 0 saturated heterocycles. The highest BCUT2D eigenvalue weighted by Gasteiger charge is 2.32. The predicted octanol–water partition coefficient (Wildman–Crippen LogP) is 3.71. The Morgan fingerprint density at radius 3 is 2.15 bits per heavy atom. The highest BCUT2D eigenvalue weighted by molar-refractivity contribution is 7.92. The van der Waals surface area contributed by atoms with Gasteiger partial charge in [-0.3, -0.25) is 13.9 Å². The Labute approximate surface area is 204 Å². The quantitative estimate of drug-likeness (QED) is 0.554. The van der Waals surface area contributed by atoms with Gasteiger partial charge in [0.05, 0.1) is 11.9 Å². The largest absolute Gasteiger partial charge is 0.352 e. The first-order valence-corrected chi connectivity index (χ1v) is 13.4. The number of carbonyl (C=O) groups excluding carboxylic acids is 2. The molecule has 2 amide bonds. The minimum Gasteiger partial charge on any atom is -0.352 e. The zero-order valence-corrected chi connectivity index (χ0v) is 22.1. The van der Waals surface area contributed by atoms with Crippen molar-refractivity contribution in [3.63, 3.8) is 0 Å². The first kappa shape index (κ1) is 27.4. The fourth-order valence-corrected chi connectivity index (χ4v) is 4.77. The van der Waals surface area contributed by atoms with Gasteiger partial charge in [-0.25, -0.2) is 8.42 Å². The Balaban J connectivity index is 2.50. The van der Waals surface area contributed by atoms with E-state index in [1.54, 1.807) is 12.1 Å². The van der Waals surface area contributed by atoms with Gasteiger partial charge in [0.2, 0.25) is 21.8 Å². The standard InChI is InChI=1S/C26H37N3O4S/c1-8-23(26(31)27-18(2)3)28(16-22-14-10-9-12-20(22)5)25(30)17-29(34(7,32)33)24-15-11-13-19(4)21(24)6/h9-15,18,23H,8,16-17H2,1-7H3,(H,27,31)/t23-/m0/s1. The van der Waals surface area contributed by atoms with Crippen LogP contribution in [0.2, 0.25) is 0 Å². The van der Waals surface area contributed by atoms with Gasteiger partial charge in [-0.1, -0.05) is 43.3 Å². The van der Waals surface area contributed by atoms with E-state index in [1.165, 1.54) is 4.90 Å². The van der Waals surface area contributed by atoms with Gasteiger partial charge >= 0.3 is 0 Å². The summed E-state index contributed by atoms with van der Waals surface area (Å²) in [6, 6.07) is 12.2. The van der Waals surface area contributed by atoms with Crippen LogP contribution in [0.5, 0.6) is 0 Å². The molecule has 1 atom stereocenters. The minimum absolute atomic E-state index is 0.0839. The molecule has 34 heavy (non-hydrogen) atoms. The van der Waals surface area contributed by atoms with E-state index in [4.69, 9.17) is 0 Å². The van der Waals surface area contributed by atoms with Crippen molar-refractivity contribution in [3.05, 3.63) is 64.7 Å². The lowest BCUT2D eigenvalue weighted by atomic mass is 10.1. The summed E-state index contributed by atoms with van der Waals surface area (Å²) in [4.78, 5) is 28.2. The van der Waals surface area contributed by atoms with E-state index in [-0.39, 0.29) is 25.0 Å². The van der Waals surface area contributed by atoms with Crippen LogP contribution in [-0.4, -0.2) is 50.0 Å². The molecule has 186 valence electrons. The first-order chi connectivity index (χ1) is 15.9. The summed E-state index contributed by atoms with van der Waals surface area (Å²) in [5, 5.41) is 2.90. The Hall–Kier alpha value is -2.87. The molecule has 7 nitrogen and oxygen atoms in total. The molecular formula is C26H37N3O4S. The van der Waals surface area contributed by atoms with Crippen molar-refractivity contribution in [2.24, 2.45) is 0 Å². The van der Waals surface area contributed by atoms with Crippen LogP contribution in [-0.2, 0) is 26.2 Å². The number of carbonyl (C=O) groups is 2. The van der Waals surface area contributed by atoms with Gasteiger partial charge in [-0.05, 0) is 69.4 Å². The highest BCUT2D eigenvalue weighted by Crippen LogP contribution is 2.26. The van der Waals surface area contributed by atoms with Crippen LogP contribution in [0.1, 0.15) is 49.4 Å². The molecule has 0 bridgehead atoms. The van der Waals surface area contributed by atoms with E-state index in [0.717, 1.165) is 32.8 Å². The van der Waals surface area contributed by atoms with Crippen LogP contribution in [0.4, 0.5) is 5.69 Å². The number of hydrogen-bond donors (Lipinski definition) is 1. The lowest BCUT2D eigenvalue weighted by molar-refractivity contribution is -0.140. The van der Waals surface area contributed by atoms with E-state index in [0.29, 0.717) is 12.1 Å². The summed E-state index contributed by atoms with van der Waals surface area (Å²) < 4.78 is 26.7. The Kier molecular flexibility index (Phi) is 9.27. The van der Waals surface area contributed by atoms with Crippen LogP contribution in [0.3, 0.4) is 0 Å². The van der Waals surface area contributed by atoms with Gasteiger partial charge in [0.15, 0.2) is 0 Å². The molecule has 2 aromatic carbocycles. The fourth-order valence-electron chi connectivity index (χ4n) is 3.87. The third kappa shape index (κ3) is 6.82. The van der Waals surface area contributed by atoms with E-state index in [2.05, 4.69) is 5.32 Å². The van der Waals surface area contributed by atoms with E-state index >= 15 is 0 Å². The number of rotatable bonds is 10. The molecule has 0 aromatic heterocycles.